The van der Waals surface area contributed by atoms with Crippen LogP contribution in [-0.4, -0.2) is 23.5 Å². The zero-order valence-corrected chi connectivity index (χ0v) is 4.40. The Morgan fingerprint density at radius 1 is 1.71 bits per heavy atom. The van der Waals surface area contributed by atoms with Crippen LogP contribution in [0.3, 0.4) is 0 Å². The molecule has 0 radical (unpaired) electrons. The third kappa shape index (κ3) is 0.963. The summed E-state index contributed by atoms with van der Waals surface area (Å²) in [5.41, 5.74) is 0. The Kier molecular flexibility index (Phi) is 1.37. The van der Waals surface area contributed by atoms with E-state index in [-0.39, 0.29) is 0 Å². The molecule has 32 valence electrons. The standard InChI is InChI=1S/C5H5O.Li/c6-5-3-1-2-4-5;/h1H,2,4H2;. The maximum atomic E-state index is 10.5. The first kappa shape index (κ1) is 5.15. The molecule has 0 atom stereocenters. The van der Waals surface area contributed by atoms with Crippen LogP contribution in [0.5, 0.6) is 0 Å². The summed E-state index contributed by atoms with van der Waals surface area (Å²) in [6.07, 6.45) is 3.69. The van der Waals surface area contributed by atoms with Gasteiger partial charge < -0.3 is 0 Å². The zero-order chi connectivity index (χ0) is 5.28. The summed E-state index contributed by atoms with van der Waals surface area (Å²) < 4.78 is 0.944. The second kappa shape index (κ2) is 1.86. The minimum atomic E-state index is 0.319. The van der Waals surface area contributed by atoms with Gasteiger partial charge in [0.25, 0.3) is 0 Å². The van der Waals surface area contributed by atoms with Gasteiger partial charge in [-0.15, -0.1) is 0 Å². The molecule has 1 aliphatic rings. The van der Waals surface area contributed by atoms with Gasteiger partial charge in [0.05, 0.1) is 0 Å². The fourth-order valence-electron chi connectivity index (χ4n) is 0.731. The number of ketones is 1. The molecule has 0 aromatic heterocycles. The summed E-state index contributed by atoms with van der Waals surface area (Å²) in [5, 5.41) is 0. The van der Waals surface area contributed by atoms with Crippen LogP contribution >= 0.6 is 0 Å². The van der Waals surface area contributed by atoms with Crippen molar-refractivity contribution in [2.24, 2.45) is 0 Å². The fourth-order valence-corrected chi connectivity index (χ4v) is 0.731. The molecule has 1 aliphatic carbocycles. The van der Waals surface area contributed by atoms with Gasteiger partial charge in [-0.25, -0.2) is 0 Å². The Bertz CT molecular complexity index is 126. The van der Waals surface area contributed by atoms with Crippen LogP contribution in [-0.2, 0) is 4.79 Å². The Morgan fingerprint density at radius 2 is 2.43 bits per heavy atom. The third-order valence-electron chi connectivity index (χ3n) is 1.26. The molecule has 1 rings (SSSR count). The molecule has 0 bridgehead atoms. The molecule has 0 amide bonds. The van der Waals surface area contributed by atoms with Crippen molar-refractivity contribution in [2.75, 3.05) is 0 Å². The van der Waals surface area contributed by atoms with Gasteiger partial charge in [-0.3, -0.25) is 0 Å². The Balaban J connectivity index is 2.72. The zero-order valence-electron chi connectivity index (χ0n) is 4.40. The summed E-state index contributed by atoms with van der Waals surface area (Å²) in [6, 6.07) is 0. The van der Waals surface area contributed by atoms with Crippen LogP contribution in [0.4, 0.5) is 0 Å². The SMILES string of the molecule is [Li][C]1=CCCC1=O. The molecule has 0 unspecified atom stereocenters. The summed E-state index contributed by atoms with van der Waals surface area (Å²) in [4.78, 5) is 10.5. The van der Waals surface area contributed by atoms with Crippen molar-refractivity contribution in [1.29, 1.82) is 0 Å². The van der Waals surface area contributed by atoms with Gasteiger partial charge in [0.15, 0.2) is 0 Å². The van der Waals surface area contributed by atoms with Crippen LogP contribution < -0.4 is 0 Å². The van der Waals surface area contributed by atoms with Gasteiger partial charge >= 0.3 is 51.5 Å². The molecule has 0 aliphatic heterocycles. The topological polar surface area (TPSA) is 17.1 Å². The summed E-state index contributed by atoms with van der Waals surface area (Å²) >= 11 is 1.87. The molecule has 1 nitrogen and oxygen atoms in total. The normalized spacial score (nSPS) is 20.3. The predicted molar refractivity (Wildman–Crippen MR) is 28.1 cm³/mol. The van der Waals surface area contributed by atoms with E-state index in [0.29, 0.717) is 5.78 Å². The van der Waals surface area contributed by atoms with Crippen LogP contribution in [0, 0.1) is 0 Å². The van der Waals surface area contributed by atoms with E-state index in [2.05, 4.69) is 0 Å². The van der Waals surface area contributed by atoms with Crippen molar-refractivity contribution in [3.05, 3.63) is 10.3 Å². The van der Waals surface area contributed by atoms with Gasteiger partial charge in [0, 0.05) is 0 Å². The Labute approximate surface area is 52.0 Å². The average Bonchev–Trinajstić information content (AvgIpc) is 1.91. The van der Waals surface area contributed by atoms with Crippen molar-refractivity contribution in [2.45, 2.75) is 12.8 Å². The molecule has 0 N–H and O–H groups in total. The first-order chi connectivity index (χ1) is 3.30. The van der Waals surface area contributed by atoms with E-state index in [1.807, 2.05) is 23.8 Å². The summed E-state index contributed by atoms with van der Waals surface area (Å²) in [6.45, 7) is 0. The molecule has 2 heteroatoms. The number of allylic oxidation sites excluding steroid dienone is 2. The summed E-state index contributed by atoms with van der Waals surface area (Å²) in [5.74, 6) is 0.319. The van der Waals surface area contributed by atoms with Gasteiger partial charge in [-0.2, -0.15) is 0 Å². The van der Waals surface area contributed by atoms with E-state index in [1.165, 1.54) is 0 Å². The quantitative estimate of drug-likeness (QED) is 0.392. The Morgan fingerprint density at radius 3 is 2.57 bits per heavy atom. The van der Waals surface area contributed by atoms with E-state index in [0.717, 1.165) is 17.1 Å². The monoisotopic (exact) mass is 88.1 g/mol. The van der Waals surface area contributed by atoms with Gasteiger partial charge in [-0.1, -0.05) is 0 Å². The maximum absolute atomic E-state index is 10.5. The van der Waals surface area contributed by atoms with Crippen LogP contribution in [0.2, 0.25) is 0 Å². The van der Waals surface area contributed by atoms with E-state index in [1.54, 1.807) is 0 Å². The van der Waals surface area contributed by atoms with Crippen molar-refractivity contribution in [3.63, 3.8) is 0 Å². The van der Waals surface area contributed by atoms with Crippen molar-refractivity contribution < 1.29 is 4.79 Å². The molecule has 7 heavy (non-hydrogen) atoms. The number of carbonyl (C=O) groups is 1. The van der Waals surface area contributed by atoms with Crippen LogP contribution in [0.25, 0.3) is 0 Å². The first-order valence-electron chi connectivity index (χ1n) is 2.50. The third-order valence-corrected chi connectivity index (χ3v) is 1.26. The molecule has 0 aromatic rings. The molecule has 0 heterocycles. The van der Waals surface area contributed by atoms with Crippen molar-refractivity contribution in [3.8, 4) is 0 Å². The molecule has 0 fully saturated rings. The molecule has 0 spiro atoms. The van der Waals surface area contributed by atoms with E-state index in [4.69, 9.17) is 0 Å². The number of rotatable bonds is 0. The molecular formula is C5H5LiO. The van der Waals surface area contributed by atoms with Crippen molar-refractivity contribution in [1.82, 2.24) is 0 Å². The summed E-state index contributed by atoms with van der Waals surface area (Å²) in [7, 11) is 0. The van der Waals surface area contributed by atoms with E-state index in [9.17, 15) is 4.79 Å². The Hall–Kier alpha value is 0.00740. The molecule has 0 aromatic carbocycles. The number of carbonyl (C=O) groups excluding carboxylic acids is 1. The van der Waals surface area contributed by atoms with Crippen molar-refractivity contribution >= 4 is 23.5 Å². The van der Waals surface area contributed by atoms with E-state index >= 15 is 0 Å². The molecule has 0 saturated carbocycles. The molecular weight excluding hydrogens is 83.0 g/mol. The second-order valence-corrected chi connectivity index (χ2v) is 1.85. The number of Topliss-reactive ketones (excluding diaryl/α,β-unsaturated/α-hetero) is 1. The van der Waals surface area contributed by atoms with Gasteiger partial charge in [-0.05, 0) is 0 Å². The average molecular weight is 88.0 g/mol. The first-order valence-corrected chi connectivity index (χ1v) is 2.50. The minimum absolute atomic E-state index is 0.319. The number of hydrogen-bond donors (Lipinski definition) is 0. The van der Waals surface area contributed by atoms with E-state index < -0.39 is 0 Å². The van der Waals surface area contributed by atoms with Crippen LogP contribution in [0.1, 0.15) is 12.8 Å². The molecule has 0 saturated heterocycles. The second-order valence-electron chi connectivity index (χ2n) is 1.85. The van der Waals surface area contributed by atoms with Crippen LogP contribution in [0.15, 0.2) is 10.3 Å². The fraction of sp³-hybridized carbons (Fsp3) is 0.400. The predicted octanol–water partition coefficient (Wildman–Crippen LogP) is 0.402. The van der Waals surface area contributed by atoms with Gasteiger partial charge in [0.1, 0.15) is 0 Å². The van der Waals surface area contributed by atoms with Gasteiger partial charge in [0.2, 0.25) is 0 Å². The number of hydrogen-bond acceptors (Lipinski definition) is 1.